The zero-order valence-corrected chi connectivity index (χ0v) is 66.1. The number of nitro benzene ring substituents is 2. The van der Waals surface area contributed by atoms with Crippen molar-refractivity contribution >= 4 is 94.7 Å². The second-order valence-corrected chi connectivity index (χ2v) is 31.4. The zero-order chi connectivity index (χ0) is 75.9. The minimum atomic E-state index is -3.39. The van der Waals surface area contributed by atoms with Gasteiger partial charge >= 0.3 is 51.4 Å². The van der Waals surface area contributed by atoms with Crippen molar-refractivity contribution in [3.8, 4) is 24.3 Å². The number of nitrogens with two attached hydrogens (primary N) is 2. The number of nitro groups is 2. The second kappa shape index (κ2) is 59.0. The number of anilines is 3. The molecule has 0 aliphatic heterocycles. The topological polar surface area (TPSA) is 481 Å². The third-order valence-electron chi connectivity index (χ3n) is 14.3. The number of nitrogens with zero attached hydrogens (tertiary/aromatic N) is 6. The van der Waals surface area contributed by atoms with Crippen LogP contribution in [-0.2, 0) is 29.1 Å². The molecule has 8 rings (SSSR count). The van der Waals surface area contributed by atoms with Gasteiger partial charge in [0.1, 0.15) is 6.29 Å². The molecule has 10 N–H and O–H groups in total. The molecule has 3 aliphatic carbocycles. The van der Waals surface area contributed by atoms with Crippen LogP contribution in [-0.4, -0.2) is 111 Å². The first-order valence-electron chi connectivity index (χ1n) is 32.0. The van der Waals surface area contributed by atoms with E-state index in [1.165, 1.54) is 49.4 Å². The molecule has 33 heteroatoms. The number of halogens is 1. The number of carbonyl (C=O) groups is 1. The number of nitrogens with one attached hydrogen (secondary N) is 2. The van der Waals surface area contributed by atoms with Gasteiger partial charge in [-0.05, 0) is 123 Å². The molecule has 0 bridgehead atoms. The number of aliphatic hydroxyl groups excluding tert-OH is 4. The molecule has 569 valence electrons. The maximum atomic E-state index is 12.4. The minimum absolute atomic E-state index is 0. The Morgan fingerprint density at radius 2 is 0.875 bits per heavy atom. The monoisotopic (exact) mass is 1570 g/mol. The number of sulfonamides is 2. The van der Waals surface area contributed by atoms with Crippen molar-refractivity contribution in [3.05, 3.63) is 169 Å². The summed E-state index contributed by atoms with van der Waals surface area (Å²) in [6, 6.07) is 38.9. The third-order valence-corrected chi connectivity index (χ3v) is 20.0. The molecule has 26 nitrogen and oxygen atoms in total. The van der Waals surface area contributed by atoms with Crippen LogP contribution in [0.3, 0.4) is 0 Å². The Hall–Kier alpha value is -6.12. The van der Waals surface area contributed by atoms with Gasteiger partial charge in [0, 0.05) is 72.9 Å². The molecule has 3 fully saturated rings. The molecule has 3 saturated carbocycles. The van der Waals surface area contributed by atoms with Crippen molar-refractivity contribution in [3.63, 3.8) is 0 Å². The Balaban J connectivity index is -0.000000370. The van der Waals surface area contributed by atoms with Crippen molar-refractivity contribution < 1.29 is 117 Å². The number of nitriles is 4. The van der Waals surface area contributed by atoms with Gasteiger partial charge in [-0.1, -0.05) is 154 Å². The van der Waals surface area contributed by atoms with Gasteiger partial charge in [-0.2, -0.15) is 32.8 Å². The molecular weight excluding hydrogens is 1460 g/mol. The van der Waals surface area contributed by atoms with Crippen LogP contribution in [0, 0.1) is 65.6 Å². The Morgan fingerprint density at radius 1 is 0.577 bits per heavy atom. The van der Waals surface area contributed by atoms with Gasteiger partial charge in [-0.25, -0.2) is 25.3 Å². The summed E-state index contributed by atoms with van der Waals surface area (Å²) in [6.07, 6.45) is 15.5. The Bertz CT molecular complexity index is 3760. The quantitative estimate of drug-likeness (QED) is 0.00950. The predicted octanol–water partition coefficient (Wildman–Crippen LogP) is 10.5. The summed E-state index contributed by atoms with van der Waals surface area (Å²) in [5.41, 5.74) is 14.2. The van der Waals surface area contributed by atoms with E-state index in [4.69, 9.17) is 43.2 Å². The number of benzene rings is 5. The summed E-state index contributed by atoms with van der Waals surface area (Å²) in [5, 5.41) is 101. The number of hydrogen-bond acceptors (Lipinski definition) is 23. The van der Waals surface area contributed by atoms with Crippen LogP contribution >= 0.6 is 22.4 Å². The van der Waals surface area contributed by atoms with E-state index in [2.05, 4.69) is 9.44 Å². The van der Waals surface area contributed by atoms with E-state index < -0.39 is 69.0 Å². The predicted molar refractivity (Wildman–Crippen MR) is 410 cm³/mol. The molecule has 0 saturated heterocycles. The average Bonchev–Trinajstić information content (AvgIpc) is 0.833. The van der Waals surface area contributed by atoms with E-state index in [1.54, 1.807) is 124 Å². The fraction of sp³-hybridized carbons (Fsp3) is 0.507. The molecule has 4 atom stereocenters. The summed E-state index contributed by atoms with van der Waals surface area (Å²) in [5.74, 6) is 0. The molecule has 4 unspecified atom stereocenters. The summed E-state index contributed by atoms with van der Waals surface area (Å²) in [4.78, 5) is 29.6. The van der Waals surface area contributed by atoms with Gasteiger partial charge in [0.25, 0.3) is 11.4 Å². The largest absolute Gasteiger partial charge is 1.00 e. The summed E-state index contributed by atoms with van der Waals surface area (Å²) >= 11 is 1.75. The van der Waals surface area contributed by atoms with E-state index in [1.807, 2.05) is 24.6 Å². The van der Waals surface area contributed by atoms with E-state index in [0.29, 0.717) is 77.0 Å². The Morgan fingerprint density at radius 3 is 1.18 bits per heavy atom. The van der Waals surface area contributed by atoms with Crippen molar-refractivity contribution in [2.24, 2.45) is 5.73 Å². The maximum absolute atomic E-state index is 12.4. The summed E-state index contributed by atoms with van der Waals surface area (Å²) in [6.45, 7) is 6.71. The van der Waals surface area contributed by atoms with Gasteiger partial charge in [-0.15, -0.1) is 5.60 Å². The number of carbonyl (C=O) groups excluding carboxylic acids is 1. The van der Waals surface area contributed by atoms with E-state index in [-0.39, 0.29) is 121 Å². The molecule has 3 radical (unpaired) electrons. The summed E-state index contributed by atoms with van der Waals surface area (Å²) < 4.78 is 76.2. The number of nitrogen functional groups attached to an aromatic ring is 1. The average molecular weight is 1570 g/mol. The van der Waals surface area contributed by atoms with Crippen LogP contribution in [0.4, 0.5) is 28.4 Å². The number of rotatable bonds is 19. The van der Waals surface area contributed by atoms with Gasteiger partial charge in [0.2, 0.25) is 29.1 Å². The van der Waals surface area contributed by atoms with E-state index in [9.17, 15) is 75.8 Å². The van der Waals surface area contributed by atoms with Crippen LogP contribution in [0.15, 0.2) is 121 Å². The number of hydrogen-bond donors (Lipinski definition) is 8. The first-order chi connectivity index (χ1) is 47.1. The minimum Gasteiger partial charge on any atom is -0.850 e. The van der Waals surface area contributed by atoms with Crippen molar-refractivity contribution in [1.82, 2.24) is 0 Å². The number of thioether (sulfide) groups is 1. The van der Waals surface area contributed by atoms with Crippen LogP contribution in [0.2, 0.25) is 0 Å². The third kappa shape index (κ3) is 48.2. The van der Waals surface area contributed by atoms with Crippen LogP contribution in [0.25, 0.3) is 0 Å². The number of aliphatic hydroxyl groups is 4. The fourth-order valence-corrected chi connectivity index (χ4v) is 14.1. The van der Waals surface area contributed by atoms with Gasteiger partial charge < -0.3 is 37.0 Å². The maximum Gasteiger partial charge on any atom is 1.00 e. The molecule has 3 aliphatic rings. The Labute approximate surface area is 670 Å². The van der Waals surface area contributed by atoms with Gasteiger partial charge in [0.15, 0.2) is 0 Å². The molecular formula is C71H104BClKN10O16S4. The normalized spacial score (nSPS) is 14.3. The Kier molecular flexibility index (Phi) is 60.4. The van der Waals surface area contributed by atoms with E-state index >= 15 is 0 Å². The SMILES string of the molecule is C.C.CC#N.CC(C)(C)[O-].CSC.N#CCC(O)c1cccc(N)c1.N#CCC(O)c1cccc(NS(=O)(=O)C2CCCCC2)c1.N#CCC(O)c1cccc([N+](=O)[O-])c1.NCCC(O)c1cccc(NS(=O)(=O)C2CCCCC2)c1.O=Cc1cccc([N+](=O)[O-])c1.O=S(=O)(Cl)C1CCCCC1.[B].[K+]. The second-order valence-electron chi connectivity index (χ2n) is 23.8. The molecule has 0 heterocycles. The molecule has 0 spiro atoms. The molecule has 0 amide bonds. The van der Waals surface area contributed by atoms with Gasteiger partial charge in [0.05, 0.1) is 93.6 Å². The molecule has 0 aromatic heterocycles. The van der Waals surface area contributed by atoms with Crippen molar-refractivity contribution in [2.45, 2.75) is 210 Å². The van der Waals surface area contributed by atoms with E-state index in [0.717, 1.165) is 83.5 Å². The van der Waals surface area contributed by atoms with Crippen molar-refractivity contribution in [1.29, 1.82) is 21.0 Å². The number of aldehydes is 1. The van der Waals surface area contributed by atoms with Crippen LogP contribution in [0.1, 0.15) is 222 Å². The molecule has 104 heavy (non-hydrogen) atoms. The fourth-order valence-electron chi connectivity index (χ4n) is 9.47. The molecule has 5 aromatic carbocycles. The van der Waals surface area contributed by atoms with Crippen LogP contribution in [0.5, 0.6) is 0 Å². The van der Waals surface area contributed by atoms with Crippen LogP contribution < -0.4 is 77.4 Å². The molecule has 5 aromatic rings. The smallest absolute Gasteiger partial charge is 0.850 e. The zero-order valence-electron chi connectivity index (χ0n) is 58.9. The first-order valence-corrected chi connectivity index (χ1v) is 39.1. The summed E-state index contributed by atoms with van der Waals surface area (Å²) in [7, 11) is -4.80. The standard InChI is InChI=1S/C15H24N2O3S.C15H20N2O3S.C9H8N2O3.C9H10N2O.C7H5NO3.C6H11ClO2S.C4H9O.C2H3N.C2H6S.2CH4.B.K/c2*16-10-9-15(18)12-5-4-6-13(11-12)17-21(19,20)14-7-2-1-3-8-14;10-5-4-9(12)7-2-1-3-8(6-7)11(13)14;10-5-4-9(12)7-2-1-3-8(11)6-7;9-5-6-2-1-3-7(4-6)8(10)11;7-10(8,9)6-4-2-1-3-5-6;1-4(2,3)5;1-2-3;1-3-2;;;;/h4-6,11,14-15,17-18H,1-3,7-10,16H2;4-6,11,14-15,17-18H,1-3,7-9H2;1-3,6,9,12H,4H2;1-3,6,9,12H,4,11H2;1-5H;6H,1-5H2;1-3H3;1H3;1-2H3;2*1H4;;/q;;;;;;-1;;;;;;+1. The van der Waals surface area contributed by atoms with Crippen molar-refractivity contribution in [2.75, 3.05) is 34.2 Å². The first kappa shape index (κ1) is 106. The van der Waals surface area contributed by atoms with Gasteiger partial charge in [-0.3, -0.25) is 34.5 Å². The number of non-ortho nitro benzene ring substituents is 2.